The van der Waals surface area contributed by atoms with Crippen molar-refractivity contribution in [2.75, 3.05) is 19.6 Å². The Hall–Kier alpha value is -0.770. The van der Waals surface area contributed by atoms with Crippen molar-refractivity contribution in [3.05, 3.63) is 33.8 Å². The van der Waals surface area contributed by atoms with Crippen molar-refractivity contribution >= 4 is 29.1 Å². The van der Waals surface area contributed by atoms with Gasteiger partial charge in [-0.1, -0.05) is 23.2 Å². The number of halogens is 2. The lowest BCUT2D eigenvalue weighted by Gasteiger charge is -2.23. The fourth-order valence-electron chi connectivity index (χ4n) is 2.94. The van der Waals surface area contributed by atoms with Crippen molar-refractivity contribution < 1.29 is 4.79 Å². The second kappa shape index (κ2) is 4.72. The molecular weight excluding hydrogens is 271 g/mol. The molecule has 0 bridgehead atoms. The van der Waals surface area contributed by atoms with Crippen LogP contribution >= 0.6 is 23.2 Å². The van der Waals surface area contributed by atoms with E-state index < -0.39 is 0 Å². The van der Waals surface area contributed by atoms with Crippen molar-refractivity contribution in [3.8, 4) is 0 Å². The number of carbonyl (C=O) groups excluding carboxylic acids is 1. The van der Waals surface area contributed by atoms with Gasteiger partial charge in [-0.2, -0.15) is 0 Å². The van der Waals surface area contributed by atoms with Gasteiger partial charge in [-0.15, -0.1) is 0 Å². The van der Waals surface area contributed by atoms with E-state index in [1.165, 1.54) is 0 Å². The summed E-state index contributed by atoms with van der Waals surface area (Å²) in [6, 6.07) is 5.34. The van der Waals surface area contributed by atoms with Crippen LogP contribution in [0.3, 0.4) is 0 Å². The van der Waals surface area contributed by atoms with Gasteiger partial charge in [0.05, 0.1) is 0 Å². The zero-order valence-corrected chi connectivity index (χ0v) is 11.3. The topological polar surface area (TPSA) is 32.3 Å². The highest BCUT2D eigenvalue weighted by atomic mass is 35.5. The van der Waals surface area contributed by atoms with E-state index >= 15 is 0 Å². The highest BCUT2D eigenvalue weighted by Crippen LogP contribution is 2.29. The third-order valence-corrected chi connectivity index (χ3v) is 4.25. The van der Waals surface area contributed by atoms with Gasteiger partial charge >= 0.3 is 0 Å². The zero-order chi connectivity index (χ0) is 12.7. The normalized spacial score (nSPS) is 26.4. The molecule has 3 rings (SSSR count). The van der Waals surface area contributed by atoms with Crippen molar-refractivity contribution in [1.82, 2.24) is 10.2 Å². The number of hydrogen-bond donors (Lipinski definition) is 1. The predicted octanol–water partition coefficient (Wildman–Crippen LogP) is 2.43. The van der Waals surface area contributed by atoms with Crippen LogP contribution in [0.1, 0.15) is 16.8 Å². The molecule has 1 aromatic carbocycles. The molecule has 1 amide bonds. The van der Waals surface area contributed by atoms with Crippen LogP contribution in [0.5, 0.6) is 0 Å². The van der Waals surface area contributed by atoms with Crippen molar-refractivity contribution in [2.24, 2.45) is 5.92 Å². The first-order valence-electron chi connectivity index (χ1n) is 6.13. The quantitative estimate of drug-likeness (QED) is 0.859. The molecule has 1 aromatic rings. The highest BCUT2D eigenvalue weighted by molar-refractivity contribution is 6.35. The first-order chi connectivity index (χ1) is 8.65. The summed E-state index contributed by atoms with van der Waals surface area (Å²) < 4.78 is 0. The van der Waals surface area contributed by atoms with Crippen LogP contribution in [-0.4, -0.2) is 36.5 Å². The average molecular weight is 285 g/mol. The van der Waals surface area contributed by atoms with Gasteiger partial charge in [0, 0.05) is 41.3 Å². The van der Waals surface area contributed by atoms with E-state index in [9.17, 15) is 4.79 Å². The van der Waals surface area contributed by atoms with E-state index in [1.807, 2.05) is 4.90 Å². The summed E-state index contributed by atoms with van der Waals surface area (Å²) >= 11 is 11.9. The van der Waals surface area contributed by atoms with E-state index in [1.54, 1.807) is 18.2 Å². The van der Waals surface area contributed by atoms with E-state index in [0.29, 0.717) is 27.6 Å². The van der Waals surface area contributed by atoms with Crippen molar-refractivity contribution in [1.29, 1.82) is 0 Å². The Balaban J connectivity index is 1.86. The smallest absolute Gasteiger partial charge is 0.254 e. The first-order valence-corrected chi connectivity index (χ1v) is 6.88. The average Bonchev–Trinajstić information content (AvgIpc) is 2.88. The van der Waals surface area contributed by atoms with Crippen molar-refractivity contribution in [3.63, 3.8) is 0 Å². The molecule has 0 saturated carbocycles. The molecule has 0 aromatic heterocycles. The SMILES string of the molecule is O=C(c1cc(Cl)cc(Cl)c1)N1CC[C@H]2CNC[C@H]21. The molecule has 18 heavy (non-hydrogen) atoms. The molecule has 1 N–H and O–H groups in total. The molecule has 0 aliphatic carbocycles. The standard InChI is InChI=1S/C13H14Cl2N2O/c14-10-3-9(4-11(15)5-10)13(18)17-2-1-8-6-16-7-12(8)17/h3-5,8,12,16H,1-2,6-7H2/t8-,12+/m0/s1. The van der Waals surface area contributed by atoms with Gasteiger partial charge in [0.15, 0.2) is 0 Å². The van der Waals surface area contributed by atoms with Gasteiger partial charge in [-0.3, -0.25) is 4.79 Å². The van der Waals surface area contributed by atoms with Crippen LogP contribution in [0.15, 0.2) is 18.2 Å². The van der Waals surface area contributed by atoms with Gasteiger partial charge in [-0.05, 0) is 30.5 Å². The Bertz CT molecular complexity index is 472. The zero-order valence-electron chi connectivity index (χ0n) is 9.83. The molecule has 0 radical (unpaired) electrons. The predicted molar refractivity (Wildman–Crippen MR) is 72.3 cm³/mol. The molecule has 2 saturated heterocycles. The van der Waals surface area contributed by atoms with E-state index in [4.69, 9.17) is 23.2 Å². The Morgan fingerprint density at radius 3 is 2.67 bits per heavy atom. The third-order valence-electron chi connectivity index (χ3n) is 3.82. The molecule has 96 valence electrons. The van der Waals surface area contributed by atoms with Gasteiger partial charge in [0.2, 0.25) is 0 Å². The van der Waals surface area contributed by atoms with E-state index in [2.05, 4.69) is 5.32 Å². The number of likely N-dealkylation sites (tertiary alicyclic amines) is 1. The Labute approximate surface area is 116 Å². The Morgan fingerprint density at radius 2 is 1.94 bits per heavy atom. The van der Waals surface area contributed by atoms with Crippen LogP contribution in [0.2, 0.25) is 10.0 Å². The second-order valence-electron chi connectivity index (χ2n) is 4.93. The lowest BCUT2D eigenvalue weighted by Crippen LogP contribution is -2.39. The maximum atomic E-state index is 12.5. The molecule has 2 aliphatic heterocycles. The number of amides is 1. The fraction of sp³-hybridized carbons (Fsp3) is 0.462. The summed E-state index contributed by atoms with van der Waals surface area (Å²) in [7, 11) is 0. The van der Waals surface area contributed by atoms with Crippen molar-refractivity contribution in [2.45, 2.75) is 12.5 Å². The van der Waals surface area contributed by atoms with Gasteiger partial charge in [0.1, 0.15) is 0 Å². The Kier molecular flexibility index (Phi) is 3.22. The minimum Gasteiger partial charge on any atom is -0.334 e. The van der Waals surface area contributed by atoms with Crippen LogP contribution in [0, 0.1) is 5.92 Å². The lowest BCUT2D eigenvalue weighted by molar-refractivity contribution is 0.0737. The highest BCUT2D eigenvalue weighted by Gasteiger charge is 2.40. The monoisotopic (exact) mass is 284 g/mol. The van der Waals surface area contributed by atoms with Gasteiger partial charge in [0.25, 0.3) is 5.91 Å². The minimum absolute atomic E-state index is 0.0376. The van der Waals surface area contributed by atoms with E-state index in [0.717, 1.165) is 26.1 Å². The summed E-state index contributed by atoms with van der Waals surface area (Å²) in [4.78, 5) is 14.4. The number of carbonyl (C=O) groups is 1. The molecular formula is C13H14Cl2N2O. The Morgan fingerprint density at radius 1 is 1.22 bits per heavy atom. The number of hydrogen-bond acceptors (Lipinski definition) is 2. The second-order valence-corrected chi connectivity index (χ2v) is 5.80. The van der Waals surface area contributed by atoms with Gasteiger partial charge < -0.3 is 10.2 Å². The molecule has 5 heteroatoms. The maximum Gasteiger partial charge on any atom is 0.254 e. The largest absolute Gasteiger partial charge is 0.334 e. The molecule has 0 spiro atoms. The third kappa shape index (κ3) is 2.11. The molecule has 0 unspecified atom stereocenters. The molecule has 2 aliphatic rings. The first kappa shape index (κ1) is 12.3. The number of fused-ring (bicyclic) bond motifs is 1. The summed E-state index contributed by atoms with van der Waals surface area (Å²) in [6.07, 6.45) is 1.08. The summed E-state index contributed by atoms with van der Waals surface area (Å²) in [5, 5.41) is 4.35. The van der Waals surface area contributed by atoms with Crippen LogP contribution in [0.4, 0.5) is 0 Å². The van der Waals surface area contributed by atoms with Crippen LogP contribution < -0.4 is 5.32 Å². The minimum atomic E-state index is 0.0376. The van der Waals surface area contributed by atoms with Gasteiger partial charge in [-0.25, -0.2) is 0 Å². The number of nitrogens with zero attached hydrogens (tertiary/aromatic N) is 1. The number of nitrogens with one attached hydrogen (secondary N) is 1. The number of rotatable bonds is 1. The summed E-state index contributed by atoms with van der Waals surface area (Å²) in [5.41, 5.74) is 0.583. The molecule has 3 nitrogen and oxygen atoms in total. The van der Waals surface area contributed by atoms with Crippen LogP contribution in [-0.2, 0) is 0 Å². The lowest BCUT2D eigenvalue weighted by atomic mass is 10.0. The fourth-order valence-corrected chi connectivity index (χ4v) is 3.47. The van der Waals surface area contributed by atoms with Crippen LogP contribution in [0.25, 0.3) is 0 Å². The summed E-state index contributed by atoms with van der Waals surface area (Å²) in [6.45, 7) is 2.75. The summed E-state index contributed by atoms with van der Waals surface area (Å²) in [5.74, 6) is 0.638. The van der Waals surface area contributed by atoms with E-state index in [-0.39, 0.29) is 5.91 Å². The maximum absolute atomic E-state index is 12.5. The molecule has 2 fully saturated rings. The molecule has 2 atom stereocenters. The molecule has 2 heterocycles. The number of benzene rings is 1.